The minimum Gasteiger partial charge on any atom is -0.383 e. The first-order valence-corrected chi connectivity index (χ1v) is 10.5. The van der Waals surface area contributed by atoms with Crippen molar-refractivity contribution in [3.05, 3.63) is 56.3 Å². The van der Waals surface area contributed by atoms with Crippen molar-refractivity contribution < 1.29 is 9.53 Å². The maximum atomic E-state index is 13.7. The molecule has 1 N–H and O–H groups in total. The largest absolute Gasteiger partial charge is 0.383 e. The number of methoxy groups -OCH3 is 1. The monoisotopic (exact) mass is 454 g/mol. The highest BCUT2D eigenvalue weighted by molar-refractivity contribution is 6.42. The van der Waals surface area contributed by atoms with Crippen molar-refractivity contribution in [2.24, 2.45) is 0 Å². The Bertz CT molecular complexity index is 988. The Balaban J connectivity index is 1.84. The SMILES string of the molecule is COCC1CCCN1C(=O)C1=C(C)Nc2cc(Cl)nn2C1c1cccc(Cl)c1Cl. The second kappa shape index (κ2) is 8.19. The number of rotatable bonds is 4. The second-order valence-corrected chi connectivity index (χ2v) is 8.43. The number of amides is 1. The van der Waals surface area contributed by atoms with Crippen molar-refractivity contribution in [1.82, 2.24) is 14.7 Å². The Labute approximate surface area is 184 Å². The molecule has 2 aliphatic rings. The topological polar surface area (TPSA) is 59.4 Å². The number of fused-ring (bicyclic) bond motifs is 1. The van der Waals surface area contributed by atoms with Crippen LogP contribution in [-0.2, 0) is 9.53 Å². The van der Waals surface area contributed by atoms with Crippen LogP contribution in [0.3, 0.4) is 0 Å². The van der Waals surface area contributed by atoms with Gasteiger partial charge in [-0.2, -0.15) is 5.10 Å². The van der Waals surface area contributed by atoms with Crippen LogP contribution in [-0.4, -0.2) is 46.9 Å². The molecule has 0 bridgehead atoms. The predicted molar refractivity (Wildman–Crippen MR) is 115 cm³/mol. The fourth-order valence-electron chi connectivity index (χ4n) is 4.16. The van der Waals surface area contributed by atoms with Crippen LogP contribution in [0.25, 0.3) is 0 Å². The summed E-state index contributed by atoms with van der Waals surface area (Å²) in [5, 5.41) is 8.82. The van der Waals surface area contributed by atoms with Crippen LogP contribution < -0.4 is 5.32 Å². The van der Waals surface area contributed by atoms with Gasteiger partial charge in [-0.1, -0.05) is 46.9 Å². The molecular weight excluding hydrogens is 435 g/mol. The van der Waals surface area contributed by atoms with Crippen molar-refractivity contribution in [2.75, 3.05) is 25.6 Å². The van der Waals surface area contributed by atoms with E-state index >= 15 is 0 Å². The van der Waals surface area contributed by atoms with E-state index < -0.39 is 6.04 Å². The maximum Gasteiger partial charge on any atom is 0.254 e. The molecule has 9 heteroatoms. The van der Waals surface area contributed by atoms with Crippen LogP contribution in [0.4, 0.5) is 5.82 Å². The third kappa shape index (κ3) is 3.63. The first kappa shape index (κ1) is 20.5. The molecule has 2 unspecified atom stereocenters. The quantitative estimate of drug-likeness (QED) is 0.721. The molecule has 0 aliphatic carbocycles. The lowest BCUT2D eigenvalue weighted by molar-refractivity contribution is -0.129. The zero-order valence-electron chi connectivity index (χ0n) is 16.1. The van der Waals surface area contributed by atoms with E-state index in [0.29, 0.717) is 45.3 Å². The summed E-state index contributed by atoms with van der Waals surface area (Å²) in [4.78, 5) is 15.6. The van der Waals surface area contributed by atoms with E-state index in [1.54, 1.807) is 23.9 Å². The Morgan fingerprint density at radius 3 is 2.90 bits per heavy atom. The summed E-state index contributed by atoms with van der Waals surface area (Å²) in [7, 11) is 1.65. The lowest BCUT2D eigenvalue weighted by atomic mass is 9.94. The van der Waals surface area contributed by atoms with Crippen molar-refractivity contribution in [1.29, 1.82) is 0 Å². The van der Waals surface area contributed by atoms with Gasteiger partial charge >= 0.3 is 0 Å². The number of nitrogens with zero attached hydrogens (tertiary/aromatic N) is 3. The number of halogens is 3. The molecule has 0 spiro atoms. The average molecular weight is 456 g/mol. The number of hydrogen-bond donors (Lipinski definition) is 1. The number of anilines is 1. The number of carbonyl (C=O) groups excluding carboxylic acids is 1. The van der Waals surface area contributed by atoms with Gasteiger partial charge in [0.2, 0.25) is 0 Å². The first-order chi connectivity index (χ1) is 13.9. The van der Waals surface area contributed by atoms with Gasteiger partial charge in [-0.3, -0.25) is 4.79 Å². The van der Waals surface area contributed by atoms with Gasteiger partial charge in [0.25, 0.3) is 5.91 Å². The van der Waals surface area contributed by atoms with Crippen molar-refractivity contribution in [3.63, 3.8) is 0 Å². The molecular formula is C20H21Cl3N4O2. The molecule has 0 radical (unpaired) electrons. The van der Waals surface area contributed by atoms with Crippen LogP contribution in [0.2, 0.25) is 15.2 Å². The lowest BCUT2D eigenvalue weighted by Gasteiger charge is -2.34. The van der Waals surface area contributed by atoms with E-state index in [1.807, 2.05) is 24.0 Å². The summed E-state index contributed by atoms with van der Waals surface area (Å²) in [6, 6.07) is 6.63. The summed E-state index contributed by atoms with van der Waals surface area (Å²) in [6.45, 7) is 3.07. The Kier molecular flexibility index (Phi) is 5.80. The van der Waals surface area contributed by atoms with E-state index in [4.69, 9.17) is 39.5 Å². The Morgan fingerprint density at radius 1 is 1.34 bits per heavy atom. The number of ether oxygens (including phenoxy) is 1. The fraction of sp³-hybridized carbons (Fsp3) is 0.400. The number of nitrogens with one attached hydrogen (secondary N) is 1. The van der Waals surface area contributed by atoms with Gasteiger partial charge in [0.05, 0.1) is 28.3 Å². The molecule has 3 heterocycles. The smallest absolute Gasteiger partial charge is 0.254 e. The minimum absolute atomic E-state index is 0.0471. The third-order valence-electron chi connectivity index (χ3n) is 5.45. The van der Waals surface area contributed by atoms with E-state index in [2.05, 4.69) is 10.4 Å². The molecule has 1 fully saturated rings. The van der Waals surface area contributed by atoms with Gasteiger partial charge in [0.1, 0.15) is 11.9 Å². The molecule has 6 nitrogen and oxygen atoms in total. The van der Waals surface area contributed by atoms with Crippen LogP contribution >= 0.6 is 34.8 Å². The van der Waals surface area contributed by atoms with Gasteiger partial charge in [-0.05, 0) is 25.8 Å². The van der Waals surface area contributed by atoms with Gasteiger partial charge in [-0.15, -0.1) is 0 Å². The fourth-order valence-corrected chi connectivity index (χ4v) is 4.76. The summed E-state index contributed by atoms with van der Waals surface area (Å²) < 4.78 is 7.02. The zero-order valence-corrected chi connectivity index (χ0v) is 18.4. The van der Waals surface area contributed by atoms with Crippen LogP contribution in [0.1, 0.15) is 31.4 Å². The van der Waals surface area contributed by atoms with Gasteiger partial charge in [-0.25, -0.2) is 4.68 Å². The molecule has 1 amide bonds. The molecule has 1 aromatic carbocycles. The number of carbonyl (C=O) groups is 1. The third-order valence-corrected chi connectivity index (χ3v) is 6.47. The van der Waals surface area contributed by atoms with E-state index in [1.165, 1.54) is 0 Å². The lowest BCUT2D eigenvalue weighted by Crippen LogP contribution is -2.42. The van der Waals surface area contributed by atoms with Crippen molar-refractivity contribution >= 4 is 46.5 Å². The van der Waals surface area contributed by atoms with E-state index in [9.17, 15) is 4.79 Å². The maximum absolute atomic E-state index is 13.7. The molecule has 2 aliphatic heterocycles. The molecule has 1 saturated heterocycles. The summed E-state index contributed by atoms with van der Waals surface area (Å²) >= 11 is 19.0. The summed E-state index contributed by atoms with van der Waals surface area (Å²) in [5.41, 5.74) is 2.01. The minimum atomic E-state index is -0.541. The Hall–Kier alpha value is -1.73. The zero-order chi connectivity index (χ0) is 20.7. The summed E-state index contributed by atoms with van der Waals surface area (Å²) in [5.74, 6) is 0.632. The normalized spacial score (nSPS) is 21.3. The Morgan fingerprint density at radius 2 is 2.14 bits per heavy atom. The number of likely N-dealkylation sites (tertiary alicyclic amines) is 1. The van der Waals surface area contributed by atoms with Gasteiger partial charge in [0.15, 0.2) is 5.15 Å². The first-order valence-electron chi connectivity index (χ1n) is 9.39. The molecule has 154 valence electrons. The van der Waals surface area contributed by atoms with E-state index in [0.717, 1.165) is 18.5 Å². The number of allylic oxidation sites excluding steroid dienone is 1. The summed E-state index contributed by atoms with van der Waals surface area (Å²) in [6.07, 6.45) is 1.86. The van der Waals surface area contributed by atoms with Crippen molar-refractivity contribution in [3.8, 4) is 0 Å². The number of aromatic nitrogens is 2. The molecule has 0 saturated carbocycles. The standard InChI is InChI=1S/C20H21Cl3N4O2/c1-11-17(20(28)26-8-4-5-12(26)10-29-2)19(13-6-3-7-14(21)18(13)23)27-16(24-11)9-15(22)25-27/h3,6-7,9,12,19,24H,4-5,8,10H2,1-2H3. The average Bonchev–Trinajstić information content (AvgIpc) is 3.28. The molecule has 2 atom stereocenters. The highest BCUT2D eigenvalue weighted by Crippen LogP contribution is 2.42. The highest BCUT2D eigenvalue weighted by atomic mass is 35.5. The molecule has 4 rings (SSSR count). The number of hydrogen-bond acceptors (Lipinski definition) is 4. The molecule has 2 aromatic rings. The predicted octanol–water partition coefficient (Wildman–Crippen LogP) is 4.77. The second-order valence-electron chi connectivity index (χ2n) is 7.26. The van der Waals surface area contributed by atoms with Gasteiger partial charge < -0.3 is 15.0 Å². The van der Waals surface area contributed by atoms with E-state index in [-0.39, 0.29) is 11.9 Å². The van der Waals surface area contributed by atoms with Gasteiger partial charge in [0, 0.05) is 31.0 Å². The molecule has 29 heavy (non-hydrogen) atoms. The van der Waals surface area contributed by atoms with Crippen LogP contribution in [0, 0.1) is 0 Å². The van der Waals surface area contributed by atoms with Crippen LogP contribution in [0.15, 0.2) is 35.5 Å². The van der Waals surface area contributed by atoms with Crippen molar-refractivity contribution in [2.45, 2.75) is 31.8 Å². The molecule has 1 aromatic heterocycles. The van der Waals surface area contributed by atoms with Crippen LogP contribution in [0.5, 0.6) is 0 Å². The highest BCUT2D eigenvalue weighted by Gasteiger charge is 2.39. The number of benzene rings is 1.